The Labute approximate surface area is 76.4 Å². The second-order valence-corrected chi connectivity index (χ2v) is 2.52. The zero-order chi connectivity index (χ0) is 9.30. The van der Waals surface area contributed by atoms with Crippen LogP contribution in [0.15, 0.2) is 0 Å². The number of nitrogen functional groups attached to an aromatic ring is 1. The van der Waals surface area contributed by atoms with E-state index >= 15 is 0 Å². The van der Waals surface area contributed by atoms with Crippen LogP contribution < -0.4 is 5.73 Å². The number of nitrogens with two attached hydrogens (primary N) is 1. The molecule has 12 heavy (non-hydrogen) atoms. The molecule has 0 radical (unpaired) electrons. The summed E-state index contributed by atoms with van der Waals surface area (Å²) in [5.74, 6) is 0. The highest BCUT2D eigenvalue weighted by Crippen LogP contribution is 2.31. The summed E-state index contributed by atoms with van der Waals surface area (Å²) in [5.41, 5.74) is 4.43. The maximum absolute atomic E-state index is 10.3. The summed E-state index contributed by atoms with van der Waals surface area (Å²) in [4.78, 5) is 9.54. The van der Waals surface area contributed by atoms with Crippen LogP contribution in [0.4, 0.5) is 11.4 Å². The molecule has 1 aromatic heterocycles. The Bertz CT molecular complexity index is 342. The Hall–Kier alpha value is -1.14. The zero-order valence-corrected chi connectivity index (χ0v) is 7.00. The molecule has 0 atom stereocenters. The third-order valence-electron chi connectivity index (χ3n) is 1.08. The first-order valence-corrected chi connectivity index (χ1v) is 3.41. The molecule has 6 nitrogen and oxygen atoms in total. The van der Waals surface area contributed by atoms with E-state index in [9.17, 15) is 10.1 Å². The van der Waals surface area contributed by atoms with Crippen molar-refractivity contribution in [1.29, 1.82) is 0 Å². The summed E-state index contributed by atoms with van der Waals surface area (Å²) in [6.45, 7) is 0. The van der Waals surface area contributed by atoms with Crippen LogP contribution in [0.3, 0.4) is 0 Å². The molecule has 0 fully saturated rings. The van der Waals surface area contributed by atoms with E-state index in [-0.39, 0.29) is 16.0 Å². The first-order chi connectivity index (χ1) is 5.54. The minimum absolute atomic E-state index is 0.230. The molecule has 0 spiro atoms. The summed E-state index contributed by atoms with van der Waals surface area (Å²) in [6, 6.07) is 0. The van der Waals surface area contributed by atoms with E-state index in [2.05, 4.69) is 10.2 Å². The summed E-state index contributed by atoms with van der Waals surface area (Å²) >= 11 is 10.7. The van der Waals surface area contributed by atoms with Crippen molar-refractivity contribution in [2.75, 3.05) is 5.73 Å². The number of hydrogen-bond donors (Lipinski definition) is 1. The van der Waals surface area contributed by atoms with Crippen LogP contribution in [0.25, 0.3) is 0 Å². The van der Waals surface area contributed by atoms with E-state index in [1.807, 2.05) is 0 Å². The van der Waals surface area contributed by atoms with Gasteiger partial charge in [-0.1, -0.05) is 23.2 Å². The molecule has 0 aliphatic carbocycles. The fraction of sp³-hybridized carbons (Fsp3) is 0. The number of nitro groups is 1. The third-order valence-corrected chi connectivity index (χ3v) is 1.61. The second-order valence-electron chi connectivity index (χ2n) is 1.80. The summed E-state index contributed by atoms with van der Waals surface area (Å²) in [7, 11) is 0. The van der Waals surface area contributed by atoms with Crippen LogP contribution in [0.2, 0.25) is 10.3 Å². The maximum atomic E-state index is 10.3. The number of rotatable bonds is 1. The molecule has 0 aliphatic heterocycles. The van der Waals surface area contributed by atoms with Gasteiger partial charge in [-0.3, -0.25) is 10.1 Å². The standard InChI is InChI=1S/C4H2Cl2N4O2/c5-3-1(7)2(10(11)12)4(6)9-8-3/h(H2,7,9). The largest absolute Gasteiger partial charge is 0.390 e. The van der Waals surface area contributed by atoms with Gasteiger partial charge >= 0.3 is 5.69 Å². The van der Waals surface area contributed by atoms with Gasteiger partial charge in [-0.2, -0.15) is 0 Å². The van der Waals surface area contributed by atoms with Crippen LogP contribution in [0.1, 0.15) is 0 Å². The van der Waals surface area contributed by atoms with E-state index < -0.39 is 10.6 Å². The monoisotopic (exact) mass is 208 g/mol. The molecule has 8 heteroatoms. The first kappa shape index (κ1) is 8.95. The Morgan fingerprint density at radius 1 is 1.33 bits per heavy atom. The normalized spacial score (nSPS) is 9.83. The summed E-state index contributed by atoms with van der Waals surface area (Å²) in [5, 5.41) is 16.2. The van der Waals surface area contributed by atoms with Gasteiger partial charge in [0.15, 0.2) is 10.8 Å². The fourth-order valence-electron chi connectivity index (χ4n) is 0.572. The van der Waals surface area contributed by atoms with Gasteiger partial charge in [-0.05, 0) is 0 Å². The van der Waals surface area contributed by atoms with Crippen molar-refractivity contribution in [2.45, 2.75) is 0 Å². The van der Waals surface area contributed by atoms with E-state index in [1.165, 1.54) is 0 Å². The third kappa shape index (κ3) is 1.39. The molecule has 0 saturated heterocycles. The van der Waals surface area contributed by atoms with Crippen LogP contribution in [0, 0.1) is 10.1 Å². The van der Waals surface area contributed by atoms with Crippen LogP contribution in [-0.4, -0.2) is 15.1 Å². The van der Waals surface area contributed by atoms with Crippen LogP contribution in [0.5, 0.6) is 0 Å². The Balaban J connectivity index is 3.43. The van der Waals surface area contributed by atoms with Crippen molar-refractivity contribution < 1.29 is 4.92 Å². The van der Waals surface area contributed by atoms with Crippen molar-refractivity contribution >= 4 is 34.6 Å². The number of hydrogen-bond acceptors (Lipinski definition) is 5. The summed E-state index contributed by atoms with van der Waals surface area (Å²) < 4.78 is 0. The molecule has 2 N–H and O–H groups in total. The molecule has 64 valence electrons. The Morgan fingerprint density at radius 2 is 1.83 bits per heavy atom. The lowest BCUT2D eigenvalue weighted by atomic mass is 10.4. The number of nitrogens with zero attached hydrogens (tertiary/aromatic N) is 3. The van der Waals surface area contributed by atoms with Crippen molar-refractivity contribution in [1.82, 2.24) is 10.2 Å². The van der Waals surface area contributed by atoms with E-state index in [0.29, 0.717) is 0 Å². The lowest BCUT2D eigenvalue weighted by molar-refractivity contribution is -0.384. The molecular weight excluding hydrogens is 207 g/mol. The lowest BCUT2D eigenvalue weighted by Gasteiger charge is -1.97. The highest BCUT2D eigenvalue weighted by molar-refractivity contribution is 6.35. The Kier molecular flexibility index (Phi) is 2.30. The molecule has 1 heterocycles. The van der Waals surface area contributed by atoms with Crippen molar-refractivity contribution in [3.8, 4) is 0 Å². The molecule has 0 unspecified atom stereocenters. The minimum atomic E-state index is -0.766. The van der Waals surface area contributed by atoms with Gasteiger partial charge in [0, 0.05) is 0 Å². The molecule has 0 aromatic carbocycles. The van der Waals surface area contributed by atoms with E-state index in [1.54, 1.807) is 0 Å². The molecule has 1 rings (SSSR count). The number of anilines is 1. The van der Waals surface area contributed by atoms with Gasteiger partial charge in [0.1, 0.15) is 0 Å². The predicted molar refractivity (Wildman–Crippen MR) is 43.1 cm³/mol. The minimum Gasteiger partial charge on any atom is -0.390 e. The van der Waals surface area contributed by atoms with Gasteiger partial charge in [0.05, 0.1) is 4.92 Å². The fourth-order valence-corrected chi connectivity index (χ4v) is 0.907. The average molecular weight is 209 g/mol. The van der Waals surface area contributed by atoms with Crippen molar-refractivity contribution in [2.24, 2.45) is 0 Å². The zero-order valence-electron chi connectivity index (χ0n) is 5.49. The molecule has 1 aromatic rings. The average Bonchev–Trinajstić information content (AvgIpc) is 1.97. The molecule has 0 saturated carbocycles. The molecule has 0 amide bonds. The van der Waals surface area contributed by atoms with E-state index in [4.69, 9.17) is 28.9 Å². The second kappa shape index (κ2) is 3.08. The molecule has 0 aliphatic rings. The number of aromatic nitrogens is 2. The molecular formula is C4H2Cl2N4O2. The highest BCUT2D eigenvalue weighted by Gasteiger charge is 2.21. The highest BCUT2D eigenvalue weighted by atomic mass is 35.5. The van der Waals surface area contributed by atoms with Crippen molar-refractivity contribution in [3.63, 3.8) is 0 Å². The van der Waals surface area contributed by atoms with Gasteiger partial charge < -0.3 is 5.73 Å². The Morgan fingerprint density at radius 3 is 2.25 bits per heavy atom. The predicted octanol–water partition coefficient (Wildman–Crippen LogP) is 1.27. The smallest absolute Gasteiger partial charge is 0.334 e. The topological polar surface area (TPSA) is 94.9 Å². The van der Waals surface area contributed by atoms with Gasteiger partial charge in [-0.25, -0.2) is 0 Å². The quantitative estimate of drug-likeness (QED) is 0.554. The van der Waals surface area contributed by atoms with Gasteiger partial charge in [0.25, 0.3) is 0 Å². The lowest BCUT2D eigenvalue weighted by Crippen LogP contribution is -2.00. The van der Waals surface area contributed by atoms with E-state index in [0.717, 1.165) is 0 Å². The molecule has 0 bridgehead atoms. The first-order valence-electron chi connectivity index (χ1n) is 2.65. The maximum Gasteiger partial charge on any atom is 0.334 e. The van der Waals surface area contributed by atoms with Crippen LogP contribution in [-0.2, 0) is 0 Å². The van der Waals surface area contributed by atoms with Crippen LogP contribution >= 0.6 is 23.2 Å². The van der Waals surface area contributed by atoms with Gasteiger partial charge in [0.2, 0.25) is 5.15 Å². The SMILES string of the molecule is Nc1c(Cl)nnc(Cl)c1[N+](=O)[O-]. The van der Waals surface area contributed by atoms with Gasteiger partial charge in [-0.15, -0.1) is 10.2 Å². The number of halogens is 2. The summed E-state index contributed by atoms with van der Waals surface area (Å²) in [6.07, 6.45) is 0. The van der Waals surface area contributed by atoms with Crippen molar-refractivity contribution in [3.05, 3.63) is 20.4 Å².